The molecular formula is C23H14N2O2. The molecule has 0 fully saturated rings. The van der Waals surface area contributed by atoms with E-state index < -0.39 is 0 Å². The third-order valence-electron chi connectivity index (χ3n) is 5.01. The summed E-state index contributed by atoms with van der Waals surface area (Å²) in [6, 6.07) is 22.2. The van der Waals surface area contributed by atoms with E-state index in [0.29, 0.717) is 11.5 Å². The molecule has 0 bridgehead atoms. The number of nitrogens with zero attached hydrogens (tertiary/aromatic N) is 2. The highest BCUT2D eigenvalue weighted by atomic mass is 16.3. The summed E-state index contributed by atoms with van der Waals surface area (Å²) in [5, 5.41) is 4.12. The molecule has 0 aliphatic heterocycles. The number of hydrogen-bond acceptors (Lipinski definition) is 4. The lowest BCUT2D eigenvalue weighted by Crippen LogP contribution is -1.92. The fourth-order valence-electron chi connectivity index (χ4n) is 3.86. The van der Waals surface area contributed by atoms with Crippen molar-refractivity contribution in [3.63, 3.8) is 0 Å². The van der Waals surface area contributed by atoms with Gasteiger partial charge < -0.3 is 8.83 Å². The van der Waals surface area contributed by atoms with E-state index in [1.807, 2.05) is 61.5 Å². The first-order valence-electron chi connectivity index (χ1n) is 8.86. The van der Waals surface area contributed by atoms with Crippen LogP contribution >= 0.6 is 0 Å². The Kier molecular flexibility index (Phi) is 2.78. The number of hydrogen-bond donors (Lipinski definition) is 0. The molecule has 4 nitrogen and oxygen atoms in total. The van der Waals surface area contributed by atoms with E-state index in [1.54, 1.807) is 0 Å². The molecule has 0 atom stereocenters. The van der Waals surface area contributed by atoms with Gasteiger partial charge in [-0.3, -0.25) is 0 Å². The first-order valence-corrected chi connectivity index (χ1v) is 8.86. The molecule has 0 saturated carbocycles. The Balaban J connectivity index is 1.80. The van der Waals surface area contributed by atoms with Crippen LogP contribution in [0.25, 0.3) is 55.3 Å². The van der Waals surface area contributed by atoms with Crippen molar-refractivity contribution in [3.8, 4) is 11.3 Å². The average Bonchev–Trinajstić information content (AvgIpc) is 3.25. The molecular weight excluding hydrogens is 336 g/mol. The summed E-state index contributed by atoms with van der Waals surface area (Å²) in [6.07, 6.45) is 0. The maximum absolute atomic E-state index is 6.22. The summed E-state index contributed by atoms with van der Waals surface area (Å²) in [7, 11) is 0. The number of aryl methyl sites for hydroxylation is 1. The van der Waals surface area contributed by atoms with Gasteiger partial charge in [0, 0.05) is 21.7 Å². The van der Waals surface area contributed by atoms with Gasteiger partial charge in [-0.05, 0) is 25.1 Å². The van der Waals surface area contributed by atoms with Crippen LogP contribution in [0.15, 0.2) is 75.6 Å². The van der Waals surface area contributed by atoms with Crippen molar-refractivity contribution in [1.29, 1.82) is 0 Å². The van der Waals surface area contributed by atoms with Gasteiger partial charge in [0.15, 0.2) is 0 Å². The lowest BCUT2D eigenvalue weighted by molar-refractivity contribution is 0.650. The summed E-state index contributed by atoms with van der Waals surface area (Å²) in [4.78, 5) is 9.30. The molecule has 6 rings (SSSR count). The van der Waals surface area contributed by atoms with Crippen LogP contribution in [-0.4, -0.2) is 9.97 Å². The molecule has 6 aromatic rings. The van der Waals surface area contributed by atoms with Gasteiger partial charge in [0.25, 0.3) is 0 Å². The number of aromatic nitrogens is 2. The second-order valence-electron chi connectivity index (χ2n) is 6.68. The second kappa shape index (κ2) is 5.17. The van der Waals surface area contributed by atoms with Crippen LogP contribution < -0.4 is 0 Å². The fourth-order valence-corrected chi connectivity index (χ4v) is 3.86. The van der Waals surface area contributed by atoms with Crippen molar-refractivity contribution >= 4 is 44.0 Å². The van der Waals surface area contributed by atoms with Gasteiger partial charge in [0.05, 0.1) is 11.1 Å². The van der Waals surface area contributed by atoms with Crippen molar-refractivity contribution in [2.24, 2.45) is 0 Å². The summed E-state index contributed by atoms with van der Waals surface area (Å²) in [6.45, 7) is 1.88. The molecule has 0 unspecified atom stereocenters. The average molecular weight is 350 g/mol. The van der Waals surface area contributed by atoms with Crippen LogP contribution in [0.5, 0.6) is 0 Å². The van der Waals surface area contributed by atoms with E-state index in [9.17, 15) is 0 Å². The molecule has 3 heterocycles. The standard InChI is InChI=1S/C23H14N2O2/c1-13-24-21(20-16-8-3-5-12-19(16)27-23(20)25-13)17-10-6-9-15-14-7-2-4-11-18(14)26-22(15)17/h2-12H,1H3. The molecule has 3 aromatic heterocycles. The fraction of sp³-hybridized carbons (Fsp3) is 0.0435. The van der Waals surface area contributed by atoms with E-state index in [2.05, 4.69) is 17.1 Å². The first-order chi connectivity index (χ1) is 13.3. The maximum Gasteiger partial charge on any atom is 0.231 e. The van der Waals surface area contributed by atoms with Crippen LogP contribution in [0.4, 0.5) is 0 Å². The minimum Gasteiger partial charge on any atom is -0.455 e. The van der Waals surface area contributed by atoms with Crippen LogP contribution in [0.2, 0.25) is 0 Å². The Morgan fingerprint density at radius 2 is 1.37 bits per heavy atom. The smallest absolute Gasteiger partial charge is 0.231 e. The van der Waals surface area contributed by atoms with Gasteiger partial charge in [0.1, 0.15) is 22.6 Å². The van der Waals surface area contributed by atoms with Gasteiger partial charge in [-0.1, -0.05) is 48.5 Å². The van der Waals surface area contributed by atoms with Crippen LogP contribution in [0.1, 0.15) is 5.82 Å². The molecule has 3 aromatic carbocycles. The predicted octanol–water partition coefficient (Wildman–Crippen LogP) is 6.25. The number of furan rings is 2. The zero-order valence-electron chi connectivity index (χ0n) is 14.6. The Labute approximate surface area is 154 Å². The molecule has 0 aliphatic rings. The highest BCUT2D eigenvalue weighted by molar-refractivity contribution is 6.15. The first kappa shape index (κ1) is 14.5. The molecule has 4 heteroatoms. The quantitative estimate of drug-likeness (QED) is 0.352. The third-order valence-corrected chi connectivity index (χ3v) is 5.01. The SMILES string of the molecule is Cc1nc(-c2cccc3c2oc2ccccc23)c2c(n1)oc1ccccc12. The second-order valence-corrected chi connectivity index (χ2v) is 6.68. The highest BCUT2D eigenvalue weighted by Gasteiger charge is 2.19. The van der Waals surface area contributed by atoms with Gasteiger partial charge in [-0.2, -0.15) is 4.98 Å². The lowest BCUT2D eigenvalue weighted by Gasteiger charge is -2.05. The predicted molar refractivity (Wildman–Crippen MR) is 107 cm³/mol. The molecule has 0 radical (unpaired) electrons. The van der Waals surface area contributed by atoms with Gasteiger partial charge in [0.2, 0.25) is 5.71 Å². The number of fused-ring (bicyclic) bond motifs is 6. The number of benzene rings is 3. The molecule has 27 heavy (non-hydrogen) atoms. The highest BCUT2D eigenvalue weighted by Crippen LogP contribution is 2.39. The van der Waals surface area contributed by atoms with E-state index in [1.165, 1.54) is 0 Å². The van der Waals surface area contributed by atoms with Crippen molar-refractivity contribution in [2.45, 2.75) is 6.92 Å². The largest absolute Gasteiger partial charge is 0.455 e. The van der Waals surface area contributed by atoms with Gasteiger partial charge >= 0.3 is 0 Å². The van der Waals surface area contributed by atoms with Crippen LogP contribution in [0.3, 0.4) is 0 Å². The number of rotatable bonds is 1. The maximum atomic E-state index is 6.22. The van der Waals surface area contributed by atoms with E-state index in [-0.39, 0.29) is 0 Å². The van der Waals surface area contributed by atoms with Gasteiger partial charge in [-0.25, -0.2) is 4.98 Å². The normalized spacial score (nSPS) is 11.9. The molecule has 0 N–H and O–H groups in total. The number of para-hydroxylation sites is 3. The zero-order valence-corrected chi connectivity index (χ0v) is 14.6. The lowest BCUT2D eigenvalue weighted by atomic mass is 10.0. The van der Waals surface area contributed by atoms with E-state index >= 15 is 0 Å². The summed E-state index contributed by atoms with van der Waals surface area (Å²) >= 11 is 0. The Bertz CT molecular complexity index is 1490. The zero-order chi connectivity index (χ0) is 18.0. The summed E-state index contributed by atoms with van der Waals surface area (Å²) in [5.74, 6) is 0.671. The van der Waals surface area contributed by atoms with Crippen molar-refractivity contribution < 1.29 is 8.83 Å². The Hall–Kier alpha value is -3.66. The van der Waals surface area contributed by atoms with Crippen LogP contribution in [-0.2, 0) is 0 Å². The van der Waals surface area contributed by atoms with Crippen LogP contribution in [0, 0.1) is 6.92 Å². The molecule has 0 amide bonds. The minimum atomic E-state index is 0.604. The molecule has 128 valence electrons. The summed E-state index contributed by atoms with van der Waals surface area (Å²) in [5.41, 5.74) is 4.91. The third kappa shape index (κ3) is 1.98. The minimum absolute atomic E-state index is 0.604. The van der Waals surface area contributed by atoms with E-state index in [4.69, 9.17) is 13.8 Å². The van der Waals surface area contributed by atoms with Crippen molar-refractivity contribution in [2.75, 3.05) is 0 Å². The molecule has 0 aliphatic carbocycles. The monoisotopic (exact) mass is 350 g/mol. The summed E-state index contributed by atoms with van der Waals surface area (Å²) < 4.78 is 12.2. The van der Waals surface area contributed by atoms with Gasteiger partial charge in [-0.15, -0.1) is 0 Å². The molecule has 0 saturated heterocycles. The topological polar surface area (TPSA) is 52.1 Å². The Morgan fingerprint density at radius 1 is 0.667 bits per heavy atom. The van der Waals surface area contributed by atoms with Crippen molar-refractivity contribution in [3.05, 3.63) is 72.6 Å². The van der Waals surface area contributed by atoms with E-state index in [0.717, 1.165) is 49.6 Å². The Morgan fingerprint density at radius 3 is 2.22 bits per heavy atom. The molecule has 0 spiro atoms. The van der Waals surface area contributed by atoms with Crippen molar-refractivity contribution in [1.82, 2.24) is 9.97 Å².